The summed E-state index contributed by atoms with van der Waals surface area (Å²) in [4.78, 5) is 0.212. The average molecular weight is 291 g/mol. The Morgan fingerprint density at radius 1 is 1.05 bits per heavy atom. The summed E-state index contributed by atoms with van der Waals surface area (Å²) in [5.41, 5.74) is 1.58. The van der Waals surface area contributed by atoms with Crippen molar-refractivity contribution >= 4 is 15.7 Å². The summed E-state index contributed by atoms with van der Waals surface area (Å²) in [6.07, 6.45) is 0.765. The van der Waals surface area contributed by atoms with E-state index in [9.17, 15) is 8.42 Å². The minimum absolute atomic E-state index is 0.212. The Morgan fingerprint density at radius 3 is 2.30 bits per heavy atom. The number of sulfonamides is 1. The molecule has 0 aliphatic heterocycles. The summed E-state index contributed by atoms with van der Waals surface area (Å²) in [6.45, 7) is 1.99. The Morgan fingerprint density at radius 2 is 1.70 bits per heavy atom. The number of benzene rings is 2. The average Bonchev–Trinajstić information content (AvgIpc) is 2.47. The molecule has 20 heavy (non-hydrogen) atoms. The van der Waals surface area contributed by atoms with Gasteiger partial charge in [-0.25, -0.2) is 8.42 Å². The summed E-state index contributed by atoms with van der Waals surface area (Å²) in [7, 11) is -2.04. The normalized spacial score (nSPS) is 11.1. The third-order valence-electron chi connectivity index (χ3n) is 3.01. The Kier molecular flexibility index (Phi) is 4.29. The van der Waals surface area contributed by atoms with Crippen LogP contribution in [0.15, 0.2) is 53.4 Å². The third-order valence-corrected chi connectivity index (χ3v) is 4.39. The van der Waals surface area contributed by atoms with Crippen molar-refractivity contribution in [2.75, 3.05) is 11.8 Å². The number of methoxy groups -OCH3 is 1. The zero-order valence-electron chi connectivity index (χ0n) is 11.5. The number of nitrogens with one attached hydrogen (secondary N) is 1. The fraction of sp³-hybridized carbons (Fsp3) is 0.200. The van der Waals surface area contributed by atoms with Gasteiger partial charge in [0.2, 0.25) is 0 Å². The zero-order valence-corrected chi connectivity index (χ0v) is 12.3. The van der Waals surface area contributed by atoms with Crippen molar-refractivity contribution in [1.82, 2.24) is 0 Å². The summed E-state index contributed by atoms with van der Waals surface area (Å²) in [5.74, 6) is 0.623. The van der Waals surface area contributed by atoms with Crippen LogP contribution < -0.4 is 9.46 Å². The third kappa shape index (κ3) is 3.11. The van der Waals surface area contributed by atoms with Crippen LogP contribution in [0.3, 0.4) is 0 Å². The van der Waals surface area contributed by atoms with Gasteiger partial charge in [0.1, 0.15) is 5.75 Å². The first-order chi connectivity index (χ1) is 9.56. The molecule has 0 aliphatic carbocycles. The largest absolute Gasteiger partial charge is 0.497 e. The van der Waals surface area contributed by atoms with Crippen LogP contribution in [0.2, 0.25) is 0 Å². The van der Waals surface area contributed by atoms with E-state index in [1.165, 1.54) is 12.1 Å². The van der Waals surface area contributed by atoms with E-state index in [1.807, 2.05) is 25.1 Å². The van der Waals surface area contributed by atoms with Gasteiger partial charge in [0.25, 0.3) is 10.0 Å². The topological polar surface area (TPSA) is 55.4 Å². The van der Waals surface area contributed by atoms with Crippen LogP contribution in [0.5, 0.6) is 5.75 Å². The molecule has 4 nitrogen and oxygen atoms in total. The summed E-state index contributed by atoms with van der Waals surface area (Å²) in [5, 5.41) is 0. The SMILES string of the molecule is CCc1ccccc1NS(=O)(=O)c1ccc(OC)cc1. The highest BCUT2D eigenvalue weighted by Gasteiger charge is 2.15. The lowest BCUT2D eigenvalue weighted by Crippen LogP contribution is -2.14. The van der Waals surface area contributed by atoms with Crippen LogP contribution in [0, 0.1) is 0 Å². The van der Waals surface area contributed by atoms with Gasteiger partial charge >= 0.3 is 0 Å². The molecule has 0 aliphatic rings. The maximum Gasteiger partial charge on any atom is 0.261 e. The summed E-state index contributed by atoms with van der Waals surface area (Å²) >= 11 is 0. The molecule has 106 valence electrons. The first-order valence-electron chi connectivity index (χ1n) is 6.31. The number of anilines is 1. The van der Waals surface area contributed by atoms with Gasteiger partial charge in [-0.15, -0.1) is 0 Å². The van der Waals surface area contributed by atoms with Crippen LogP contribution in [0.25, 0.3) is 0 Å². The maximum absolute atomic E-state index is 12.3. The fourth-order valence-electron chi connectivity index (χ4n) is 1.89. The molecule has 0 saturated heterocycles. The van der Waals surface area contributed by atoms with Crippen molar-refractivity contribution in [2.45, 2.75) is 18.2 Å². The second-order valence-corrected chi connectivity index (χ2v) is 5.97. The molecule has 2 aromatic carbocycles. The smallest absolute Gasteiger partial charge is 0.261 e. The van der Waals surface area contributed by atoms with Gasteiger partial charge in [0, 0.05) is 0 Å². The predicted octanol–water partition coefficient (Wildman–Crippen LogP) is 3.06. The first-order valence-corrected chi connectivity index (χ1v) is 7.80. The zero-order chi connectivity index (χ0) is 14.6. The van der Waals surface area contributed by atoms with E-state index in [1.54, 1.807) is 25.3 Å². The molecule has 0 aromatic heterocycles. The van der Waals surface area contributed by atoms with Gasteiger partial charge in [-0.05, 0) is 42.3 Å². The van der Waals surface area contributed by atoms with E-state index < -0.39 is 10.0 Å². The highest BCUT2D eigenvalue weighted by atomic mass is 32.2. The minimum atomic E-state index is -3.58. The van der Waals surface area contributed by atoms with E-state index in [0.29, 0.717) is 11.4 Å². The number of rotatable bonds is 5. The molecule has 0 atom stereocenters. The molecule has 0 unspecified atom stereocenters. The molecule has 0 spiro atoms. The van der Waals surface area contributed by atoms with Crippen LogP contribution in [-0.4, -0.2) is 15.5 Å². The molecule has 0 fully saturated rings. The van der Waals surface area contributed by atoms with Crippen LogP contribution in [0.4, 0.5) is 5.69 Å². The predicted molar refractivity (Wildman–Crippen MR) is 79.6 cm³/mol. The van der Waals surface area contributed by atoms with Gasteiger partial charge < -0.3 is 4.74 Å². The van der Waals surface area contributed by atoms with Crippen molar-refractivity contribution < 1.29 is 13.2 Å². The summed E-state index contributed by atoms with van der Waals surface area (Å²) < 4.78 is 32.3. The molecule has 5 heteroatoms. The van der Waals surface area contributed by atoms with Gasteiger partial charge in [-0.3, -0.25) is 4.72 Å². The maximum atomic E-state index is 12.3. The number of aryl methyl sites for hydroxylation is 1. The Balaban J connectivity index is 2.30. The van der Waals surface area contributed by atoms with Gasteiger partial charge in [0.15, 0.2) is 0 Å². The van der Waals surface area contributed by atoms with Crippen molar-refractivity contribution in [3.05, 3.63) is 54.1 Å². The van der Waals surface area contributed by atoms with E-state index >= 15 is 0 Å². The standard InChI is InChI=1S/C15H17NO3S/c1-3-12-6-4-5-7-15(12)16-20(17,18)14-10-8-13(19-2)9-11-14/h4-11,16H,3H2,1-2H3. The first kappa shape index (κ1) is 14.4. The van der Waals surface area contributed by atoms with Crippen molar-refractivity contribution in [3.8, 4) is 5.75 Å². The summed E-state index contributed by atoms with van der Waals surface area (Å²) in [6, 6.07) is 13.7. The van der Waals surface area contributed by atoms with E-state index in [4.69, 9.17) is 4.74 Å². The number of hydrogen-bond donors (Lipinski definition) is 1. The lowest BCUT2D eigenvalue weighted by molar-refractivity contribution is 0.414. The molecule has 2 aromatic rings. The van der Waals surface area contributed by atoms with Crippen molar-refractivity contribution in [2.24, 2.45) is 0 Å². The Labute approximate surface area is 119 Å². The van der Waals surface area contributed by atoms with E-state index in [-0.39, 0.29) is 4.90 Å². The number of hydrogen-bond acceptors (Lipinski definition) is 3. The van der Waals surface area contributed by atoms with Gasteiger partial charge in [-0.1, -0.05) is 25.1 Å². The second kappa shape index (κ2) is 5.96. The number of ether oxygens (including phenoxy) is 1. The van der Waals surface area contributed by atoms with E-state index in [2.05, 4.69) is 4.72 Å². The van der Waals surface area contributed by atoms with Gasteiger partial charge in [-0.2, -0.15) is 0 Å². The Hall–Kier alpha value is -2.01. The fourth-order valence-corrected chi connectivity index (χ4v) is 2.99. The molecule has 0 radical (unpaired) electrons. The molecule has 0 bridgehead atoms. The molecule has 0 heterocycles. The minimum Gasteiger partial charge on any atom is -0.497 e. The molecule has 0 amide bonds. The number of para-hydroxylation sites is 1. The molecular weight excluding hydrogens is 274 g/mol. The van der Waals surface area contributed by atoms with Crippen molar-refractivity contribution in [3.63, 3.8) is 0 Å². The Bertz CT molecular complexity index is 679. The van der Waals surface area contributed by atoms with Crippen molar-refractivity contribution in [1.29, 1.82) is 0 Å². The molecule has 2 rings (SSSR count). The highest BCUT2D eigenvalue weighted by Crippen LogP contribution is 2.21. The van der Waals surface area contributed by atoms with Crippen LogP contribution >= 0.6 is 0 Å². The molecular formula is C15H17NO3S. The second-order valence-electron chi connectivity index (χ2n) is 4.29. The molecule has 0 saturated carbocycles. The van der Waals surface area contributed by atoms with Crippen LogP contribution in [-0.2, 0) is 16.4 Å². The monoisotopic (exact) mass is 291 g/mol. The van der Waals surface area contributed by atoms with Gasteiger partial charge in [0.05, 0.1) is 17.7 Å². The lowest BCUT2D eigenvalue weighted by Gasteiger charge is -2.11. The quantitative estimate of drug-likeness (QED) is 0.921. The van der Waals surface area contributed by atoms with E-state index in [0.717, 1.165) is 12.0 Å². The van der Waals surface area contributed by atoms with Crippen LogP contribution in [0.1, 0.15) is 12.5 Å². The lowest BCUT2D eigenvalue weighted by atomic mass is 10.1. The highest BCUT2D eigenvalue weighted by molar-refractivity contribution is 7.92. The molecule has 1 N–H and O–H groups in total.